The molecule has 0 aliphatic carbocycles. The second-order valence-electron chi connectivity index (χ2n) is 7.69. The number of fused-ring (bicyclic) bond motifs is 2. The first-order chi connectivity index (χ1) is 16.1. The van der Waals surface area contributed by atoms with Crippen LogP contribution in [-0.4, -0.2) is 31.8 Å². The molecule has 0 unspecified atom stereocenters. The molecule has 2 heterocycles. The first-order valence-electron chi connectivity index (χ1n) is 10.5. The molecule has 0 radical (unpaired) electrons. The summed E-state index contributed by atoms with van der Waals surface area (Å²) in [7, 11) is 0. The summed E-state index contributed by atoms with van der Waals surface area (Å²) in [4.78, 5) is 29.9. The molecule has 3 aromatic carbocycles. The number of hydrogen-bond acceptors (Lipinski definition) is 4. The molecule has 0 saturated carbocycles. The summed E-state index contributed by atoms with van der Waals surface area (Å²) in [5, 5.41) is 9.90. The molecule has 164 valence electrons. The summed E-state index contributed by atoms with van der Waals surface area (Å²) >= 11 is 3.37. The summed E-state index contributed by atoms with van der Waals surface area (Å²) in [5.41, 5.74) is 1.99. The molecule has 7 nitrogen and oxygen atoms in total. The van der Waals surface area contributed by atoms with Crippen molar-refractivity contribution >= 4 is 43.6 Å². The van der Waals surface area contributed by atoms with Crippen molar-refractivity contribution in [3.8, 4) is 0 Å². The summed E-state index contributed by atoms with van der Waals surface area (Å²) in [6.45, 7) is 1.20. The smallest absolute Gasteiger partial charge is 0.264 e. The van der Waals surface area contributed by atoms with E-state index in [-0.39, 0.29) is 11.5 Å². The Labute approximate surface area is 197 Å². The molecule has 0 saturated heterocycles. The number of hydrogen-bond donors (Lipinski definition) is 1. The Hall–Kier alpha value is -3.78. The van der Waals surface area contributed by atoms with Crippen LogP contribution < -0.4 is 10.9 Å². The molecule has 0 aliphatic heterocycles. The third-order valence-electron chi connectivity index (χ3n) is 5.54. The number of nitrogens with zero attached hydrogens (tertiary/aromatic N) is 4. The van der Waals surface area contributed by atoms with Crippen molar-refractivity contribution in [1.29, 1.82) is 0 Å². The van der Waals surface area contributed by atoms with Gasteiger partial charge in [-0.25, -0.2) is 9.67 Å². The van der Waals surface area contributed by atoms with Gasteiger partial charge in [0.15, 0.2) is 5.65 Å². The fourth-order valence-corrected chi connectivity index (χ4v) is 4.29. The normalized spacial score (nSPS) is 11.2. The highest BCUT2D eigenvalue weighted by Gasteiger charge is 2.12. The van der Waals surface area contributed by atoms with Gasteiger partial charge in [-0.1, -0.05) is 64.5 Å². The van der Waals surface area contributed by atoms with E-state index < -0.39 is 0 Å². The van der Waals surface area contributed by atoms with Crippen LogP contribution in [-0.2, 0) is 13.1 Å². The molecule has 8 heteroatoms. The van der Waals surface area contributed by atoms with Crippen LogP contribution in [0.3, 0.4) is 0 Å². The zero-order valence-corrected chi connectivity index (χ0v) is 19.2. The van der Waals surface area contributed by atoms with Crippen LogP contribution in [0.25, 0.3) is 21.8 Å². The van der Waals surface area contributed by atoms with Gasteiger partial charge in [-0.3, -0.25) is 14.2 Å². The van der Waals surface area contributed by atoms with Gasteiger partial charge in [0, 0.05) is 16.6 Å². The summed E-state index contributed by atoms with van der Waals surface area (Å²) in [6, 6.07) is 21.4. The lowest BCUT2D eigenvalue weighted by molar-refractivity contribution is 0.0952. The van der Waals surface area contributed by atoms with E-state index in [9.17, 15) is 9.59 Å². The molecule has 33 heavy (non-hydrogen) atoms. The molecule has 2 aromatic heterocycles. The van der Waals surface area contributed by atoms with Crippen LogP contribution in [0.1, 0.15) is 15.9 Å². The first kappa shape index (κ1) is 21.1. The first-order valence-corrected chi connectivity index (χ1v) is 11.3. The molecule has 5 aromatic rings. The van der Waals surface area contributed by atoms with Gasteiger partial charge < -0.3 is 5.32 Å². The molecule has 1 N–H and O–H groups in total. The lowest BCUT2D eigenvalue weighted by Gasteiger charge is -2.09. The molecular formula is C25H20BrN5O2. The Bertz CT molecular complexity index is 1530. The number of carbonyl (C=O) groups excluding carboxylic acids is 1. The maximum absolute atomic E-state index is 13.1. The monoisotopic (exact) mass is 501 g/mol. The second kappa shape index (κ2) is 8.99. The average molecular weight is 502 g/mol. The minimum atomic E-state index is -0.168. The Kier molecular flexibility index (Phi) is 5.75. The van der Waals surface area contributed by atoms with E-state index in [4.69, 9.17) is 0 Å². The SMILES string of the molecule is O=C(NCCn1ncc2c(=O)n(Cc3cccc4ccccc34)cnc21)c1cccc(Br)c1. The maximum Gasteiger partial charge on any atom is 0.264 e. The van der Waals surface area contributed by atoms with Crippen LogP contribution in [0.4, 0.5) is 0 Å². The Morgan fingerprint density at radius 2 is 1.82 bits per heavy atom. The summed E-state index contributed by atoms with van der Waals surface area (Å²) in [5.74, 6) is -0.168. The maximum atomic E-state index is 13.1. The van der Waals surface area contributed by atoms with E-state index in [0.29, 0.717) is 36.2 Å². The molecule has 0 bridgehead atoms. The minimum absolute atomic E-state index is 0.141. The van der Waals surface area contributed by atoms with Crippen LogP contribution in [0.2, 0.25) is 0 Å². The quantitative estimate of drug-likeness (QED) is 0.381. The minimum Gasteiger partial charge on any atom is -0.350 e. The van der Waals surface area contributed by atoms with E-state index in [1.165, 1.54) is 0 Å². The summed E-state index contributed by atoms with van der Waals surface area (Å²) < 4.78 is 4.09. The predicted molar refractivity (Wildman–Crippen MR) is 131 cm³/mol. The van der Waals surface area contributed by atoms with Crippen LogP contribution in [0.5, 0.6) is 0 Å². The molecular weight excluding hydrogens is 482 g/mol. The average Bonchev–Trinajstić information content (AvgIpc) is 3.25. The fourth-order valence-electron chi connectivity index (χ4n) is 3.89. The van der Waals surface area contributed by atoms with Gasteiger partial charge in [0.2, 0.25) is 0 Å². The third kappa shape index (κ3) is 4.29. The van der Waals surface area contributed by atoms with Gasteiger partial charge in [0.1, 0.15) is 11.7 Å². The highest BCUT2D eigenvalue weighted by molar-refractivity contribution is 9.10. The van der Waals surface area contributed by atoms with Gasteiger partial charge in [-0.2, -0.15) is 5.10 Å². The standard InChI is InChI=1S/C25H20BrN5O2/c26-20-9-4-7-18(13-20)24(32)27-11-12-31-23-22(14-29-31)25(33)30(16-28-23)15-19-8-3-6-17-5-1-2-10-21(17)19/h1-10,13-14,16H,11-12,15H2,(H,27,32). The van der Waals surface area contributed by atoms with Crippen LogP contribution >= 0.6 is 15.9 Å². The van der Waals surface area contributed by atoms with E-state index in [2.05, 4.69) is 49.5 Å². The van der Waals surface area contributed by atoms with Crippen molar-refractivity contribution in [2.24, 2.45) is 0 Å². The van der Waals surface area contributed by atoms with Crippen molar-refractivity contribution < 1.29 is 4.79 Å². The highest BCUT2D eigenvalue weighted by Crippen LogP contribution is 2.19. The van der Waals surface area contributed by atoms with Crippen molar-refractivity contribution in [3.05, 3.63) is 105 Å². The number of carbonyl (C=O) groups is 1. The van der Waals surface area contributed by atoms with Gasteiger partial charge in [0.25, 0.3) is 11.5 Å². The van der Waals surface area contributed by atoms with Crippen LogP contribution in [0, 0.1) is 0 Å². The number of nitrogens with one attached hydrogen (secondary N) is 1. The molecule has 0 atom stereocenters. The summed E-state index contributed by atoms with van der Waals surface area (Å²) in [6.07, 6.45) is 3.10. The van der Waals surface area contributed by atoms with E-state index in [1.54, 1.807) is 33.9 Å². The Balaban J connectivity index is 1.33. The zero-order chi connectivity index (χ0) is 22.8. The second-order valence-corrected chi connectivity index (χ2v) is 8.60. The lowest BCUT2D eigenvalue weighted by atomic mass is 10.0. The van der Waals surface area contributed by atoms with Crippen molar-refractivity contribution in [3.63, 3.8) is 0 Å². The van der Waals surface area contributed by atoms with E-state index >= 15 is 0 Å². The largest absolute Gasteiger partial charge is 0.350 e. The molecule has 0 aliphatic rings. The topological polar surface area (TPSA) is 81.8 Å². The van der Waals surface area contributed by atoms with Gasteiger partial charge in [-0.05, 0) is 34.5 Å². The Morgan fingerprint density at radius 1 is 1.00 bits per heavy atom. The highest BCUT2D eigenvalue weighted by atomic mass is 79.9. The van der Waals surface area contributed by atoms with Crippen molar-refractivity contribution in [2.75, 3.05) is 6.54 Å². The number of amides is 1. The van der Waals surface area contributed by atoms with E-state index in [0.717, 1.165) is 20.8 Å². The van der Waals surface area contributed by atoms with Gasteiger partial charge in [-0.15, -0.1) is 0 Å². The fraction of sp³-hybridized carbons (Fsp3) is 0.120. The number of benzene rings is 3. The zero-order valence-electron chi connectivity index (χ0n) is 17.6. The third-order valence-corrected chi connectivity index (χ3v) is 6.03. The van der Waals surface area contributed by atoms with Crippen molar-refractivity contribution in [1.82, 2.24) is 24.6 Å². The van der Waals surface area contributed by atoms with Crippen molar-refractivity contribution in [2.45, 2.75) is 13.1 Å². The number of halogens is 1. The van der Waals surface area contributed by atoms with Gasteiger partial charge in [0.05, 0.1) is 19.3 Å². The molecule has 1 amide bonds. The number of aromatic nitrogens is 4. The predicted octanol–water partition coefficient (Wildman–Crippen LogP) is 3.99. The van der Waals surface area contributed by atoms with Crippen LogP contribution in [0.15, 0.2) is 88.5 Å². The number of rotatable bonds is 6. The van der Waals surface area contributed by atoms with E-state index in [1.807, 2.05) is 36.4 Å². The Morgan fingerprint density at radius 3 is 2.70 bits per heavy atom. The molecule has 0 spiro atoms. The van der Waals surface area contributed by atoms with Gasteiger partial charge >= 0.3 is 0 Å². The lowest BCUT2D eigenvalue weighted by Crippen LogP contribution is -2.27. The molecule has 5 rings (SSSR count). The molecule has 0 fully saturated rings.